The molecule has 1 fully saturated rings. The van der Waals surface area contributed by atoms with Crippen LogP contribution in [0.5, 0.6) is 11.5 Å². The van der Waals surface area contributed by atoms with E-state index in [4.69, 9.17) is 0 Å². The minimum absolute atomic E-state index is 0.000272. The molecule has 2 N–H and O–H groups in total. The number of quaternary nitrogens is 1. The molecule has 1 aliphatic rings. The summed E-state index contributed by atoms with van der Waals surface area (Å²) in [5.74, 6) is -0.0300. The molecule has 1 unspecified atom stereocenters. The van der Waals surface area contributed by atoms with Gasteiger partial charge in [-0.3, -0.25) is 0 Å². The van der Waals surface area contributed by atoms with Crippen molar-refractivity contribution >= 4 is 0 Å². The summed E-state index contributed by atoms with van der Waals surface area (Å²) in [5.41, 5.74) is 1.15. The van der Waals surface area contributed by atoms with Crippen molar-refractivity contribution in [3.63, 3.8) is 0 Å². The smallest absolute Gasteiger partial charge is 0.157 e. The molecule has 1 atom stereocenters. The zero-order chi connectivity index (χ0) is 12.5. The highest BCUT2D eigenvalue weighted by molar-refractivity contribution is 5.41. The van der Waals surface area contributed by atoms with Gasteiger partial charge in [0.2, 0.25) is 0 Å². The molecule has 0 bridgehead atoms. The lowest BCUT2D eigenvalue weighted by atomic mass is 10.0. The Labute approximate surface area is 103 Å². The number of aromatic hydroxyl groups is 2. The summed E-state index contributed by atoms with van der Waals surface area (Å²) in [6.07, 6.45) is 2.42. The highest BCUT2D eigenvalue weighted by Crippen LogP contribution is 2.41. The van der Waals surface area contributed by atoms with Crippen LogP contribution in [0, 0.1) is 0 Å². The van der Waals surface area contributed by atoms with Crippen LogP contribution in [0.1, 0.15) is 38.3 Å². The van der Waals surface area contributed by atoms with Gasteiger partial charge in [0.05, 0.1) is 19.6 Å². The van der Waals surface area contributed by atoms with Crippen molar-refractivity contribution in [3.05, 3.63) is 23.8 Å². The lowest BCUT2D eigenvalue weighted by molar-refractivity contribution is -0.941. The number of rotatable bonds is 3. The standard InChI is InChI=1S/C14H21NO2/c1-3-15(4-2)9-5-6-12(15)11-7-8-13(16)14(17)10-11/h7-8,10,12H,3-6,9H2,1-2H3,(H-,16,17)/p+1. The number of nitrogens with zero attached hydrogens (tertiary/aromatic N) is 1. The van der Waals surface area contributed by atoms with Crippen molar-refractivity contribution in [2.24, 2.45) is 0 Å². The third-order valence-electron chi connectivity index (χ3n) is 4.39. The van der Waals surface area contributed by atoms with Gasteiger partial charge in [0, 0.05) is 18.4 Å². The molecule has 0 spiro atoms. The predicted molar refractivity (Wildman–Crippen MR) is 68.0 cm³/mol. The van der Waals surface area contributed by atoms with Crippen LogP contribution in [-0.4, -0.2) is 34.3 Å². The first-order valence-electron chi connectivity index (χ1n) is 6.50. The summed E-state index contributed by atoms with van der Waals surface area (Å²) in [7, 11) is 0. The monoisotopic (exact) mass is 236 g/mol. The lowest BCUT2D eigenvalue weighted by Gasteiger charge is -2.38. The minimum atomic E-state index is -0.0298. The molecule has 1 saturated heterocycles. The van der Waals surface area contributed by atoms with E-state index in [0.717, 1.165) is 23.1 Å². The lowest BCUT2D eigenvalue weighted by Crippen LogP contribution is -2.46. The van der Waals surface area contributed by atoms with E-state index in [9.17, 15) is 10.2 Å². The fourth-order valence-electron chi connectivity index (χ4n) is 3.24. The van der Waals surface area contributed by atoms with Gasteiger partial charge in [-0.1, -0.05) is 0 Å². The first kappa shape index (κ1) is 12.2. The molecule has 3 heteroatoms. The molecule has 17 heavy (non-hydrogen) atoms. The van der Waals surface area contributed by atoms with Gasteiger partial charge in [-0.25, -0.2) is 0 Å². The highest BCUT2D eigenvalue weighted by Gasteiger charge is 2.40. The van der Waals surface area contributed by atoms with E-state index in [2.05, 4.69) is 13.8 Å². The van der Waals surface area contributed by atoms with Crippen LogP contribution in [-0.2, 0) is 0 Å². The summed E-state index contributed by atoms with van der Waals surface area (Å²) >= 11 is 0. The fourth-order valence-corrected chi connectivity index (χ4v) is 3.24. The molecule has 1 aromatic carbocycles. The molecule has 0 amide bonds. The molecule has 3 nitrogen and oxygen atoms in total. The Kier molecular flexibility index (Phi) is 3.29. The van der Waals surface area contributed by atoms with Gasteiger partial charge < -0.3 is 14.7 Å². The molecule has 1 aromatic rings. The molecule has 0 aliphatic carbocycles. The van der Waals surface area contributed by atoms with Crippen molar-refractivity contribution in [1.29, 1.82) is 0 Å². The Balaban J connectivity index is 2.35. The Hall–Kier alpha value is -1.22. The zero-order valence-corrected chi connectivity index (χ0v) is 10.7. The summed E-state index contributed by atoms with van der Waals surface area (Å²) in [4.78, 5) is 0. The fraction of sp³-hybridized carbons (Fsp3) is 0.571. The van der Waals surface area contributed by atoms with Crippen LogP contribution in [0.2, 0.25) is 0 Å². The minimum Gasteiger partial charge on any atom is -0.504 e. The van der Waals surface area contributed by atoms with E-state index in [0.29, 0.717) is 6.04 Å². The first-order valence-corrected chi connectivity index (χ1v) is 6.50. The van der Waals surface area contributed by atoms with Crippen LogP contribution in [0.15, 0.2) is 18.2 Å². The highest BCUT2D eigenvalue weighted by atomic mass is 16.3. The third-order valence-corrected chi connectivity index (χ3v) is 4.39. The maximum absolute atomic E-state index is 9.62. The van der Waals surface area contributed by atoms with Crippen molar-refractivity contribution in [2.75, 3.05) is 19.6 Å². The van der Waals surface area contributed by atoms with E-state index in [1.165, 1.54) is 19.4 Å². The van der Waals surface area contributed by atoms with Gasteiger partial charge in [0.25, 0.3) is 0 Å². The number of hydrogen-bond acceptors (Lipinski definition) is 2. The van der Waals surface area contributed by atoms with Crippen LogP contribution < -0.4 is 0 Å². The summed E-state index contributed by atoms with van der Waals surface area (Å²) < 4.78 is 1.10. The normalized spacial score (nSPS) is 22.8. The van der Waals surface area contributed by atoms with Gasteiger partial charge in [-0.15, -0.1) is 0 Å². The van der Waals surface area contributed by atoms with E-state index in [-0.39, 0.29) is 11.5 Å². The van der Waals surface area contributed by atoms with Crippen molar-refractivity contribution in [1.82, 2.24) is 0 Å². The molecule has 0 aromatic heterocycles. The molecule has 0 radical (unpaired) electrons. The van der Waals surface area contributed by atoms with Crippen LogP contribution >= 0.6 is 0 Å². The Morgan fingerprint density at radius 2 is 1.88 bits per heavy atom. The second kappa shape index (κ2) is 4.57. The molecular formula is C14H22NO2+. The first-order chi connectivity index (χ1) is 8.13. The number of phenols is 2. The largest absolute Gasteiger partial charge is 0.504 e. The zero-order valence-electron chi connectivity index (χ0n) is 10.7. The van der Waals surface area contributed by atoms with Gasteiger partial charge in [-0.05, 0) is 32.0 Å². The van der Waals surface area contributed by atoms with E-state index >= 15 is 0 Å². The van der Waals surface area contributed by atoms with Crippen LogP contribution in [0.3, 0.4) is 0 Å². The van der Waals surface area contributed by atoms with E-state index < -0.39 is 0 Å². The molecule has 94 valence electrons. The van der Waals surface area contributed by atoms with Gasteiger partial charge in [0.1, 0.15) is 6.04 Å². The topological polar surface area (TPSA) is 40.5 Å². The molecule has 1 aliphatic heterocycles. The molecule has 2 rings (SSSR count). The maximum Gasteiger partial charge on any atom is 0.157 e. The summed E-state index contributed by atoms with van der Waals surface area (Å²) in [6, 6.07) is 5.74. The van der Waals surface area contributed by atoms with Crippen molar-refractivity contribution < 1.29 is 14.7 Å². The van der Waals surface area contributed by atoms with Crippen LogP contribution in [0.25, 0.3) is 0 Å². The quantitative estimate of drug-likeness (QED) is 0.626. The van der Waals surface area contributed by atoms with E-state index in [1.54, 1.807) is 12.1 Å². The van der Waals surface area contributed by atoms with Crippen molar-refractivity contribution in [3.8, 4) is 11.5 Å². The third kappa shape index (κ3) is 2.00. The number of benzene rings is 1. The summed E-state index contributed by atoms with van der Waals surface area (Å²) in [5, 5.41) is 19.0. The second-order valence-corrected chi connectivity index (χ2v) is 4.98. The molecular weight excluding hydrogens is 214 g/mol. The molecule has 0 saturated carbocycles. The number of phenolic OH excluding ortho intramolecular Hbond substituents is 2. The summed E-state index contributed by atoms with van der Waals surface area (Å²) in [6.45, 7) is 7.95. The SMILES string of the molecule is CC[N+]1(CC)CCCC1c1ccc(O)c(O)c1. The Bertz CT molecular complexity index is 399. The van der Waals surface area contributed by atoms with Crippen molar-refractivity contribution in [2.45, 2.75) is 32.7 Å². The molecule has 1 heterocycles. The average Bonchev–Trinajstić information content (AvgIpc) is 2.77. The second-order valence-electron chi connectivity index (χ2n) is 4.98. The maximum atomic E-state index is 9.62. The van der Waals surface area contributed by atoms with Gasteiger partial charge in [0.15, 0.2) is 11.5 Å². The van der Waals surface area contributed by atoms with E-state index in [1.807, 2.05) is 6.07 Å². The number of hydrogen-bond donors (Lipinski definition) is 2. The Morgan fingerprint density at radius 3 is 2.47 bits per heavy atom. The number of likely N-dealkylation sites (tertiary alicyclic amines) is 1. The van der Waals surface area contributed by atoms with Crippen LogP contribution in [0.4, 0.5) is 0 Å². The van der Waals surface area contributed by atoms with Gasteiger partial charge in [-0.2, -0.15) is 0 Å². The Morgan fingerprint density at radius 1 is 1.18 bits per heavy atom. The average molecular weight is 236 g/mol. The predicted octanol–water partition coefficient (Wildman–Crippen LogP) is 2.79. The van der Waals surface area contributed by atoms with Gasteiger partial charge >= 0.3 is 0 Å².